The molecule has 7 heteroatoms. The van der Waals surface area contributed by atoms with E-state index in [9.17, 15) is 4.79 Å². The first-order valence-electron chi connectivity index (χ1n) is 7.48. The number of rotatable bonds is 5. The number of primary amides is 1. The standard InChI is InChI=1S/C18H18ClN3O3/c1-11(20)24-17(21)10-16(25-18(22)23)13-6-4-5-12(9-13)14-7-2-3-8-15(14)19/h2-9,16,20-21H,10H2,1H3,(H2,22,23). The maximum Gasteiger partial charge on any atom is 0.405 e. The SMILES string of the molecule is CC(=N)OC(=N)CC(OC(N)=O)c1cccc(-c2ccccc2Cl)c1. The molecule has 0 aliphatic heterocycles. The van der Waals surface area contributed by atoms with Crippen molar-refractivity contribution in [3.8, 4) is 11.1 Å². The van der Waals surface area contributed by atoms with Crippen LogP contribution in [0.1, 0.15) is 25.0 Å². The summed E-state index contributed by atoms with van der Waals surface area (Å²) < 4.78 is 10.1. The van der Waals surface area contributed by atoms with E-state index in [1.165, 1.54) is 6.92 Å². The second-order valence-electron chi connectivity index (χ2n) is 5.32. The van der Waals surface area contributed by atoms with E-state index in [2.05, 4.69) is 0 Å². The lowest BCUT2D eigenvalue weighted by molar-refractivity contribution is 0.108. The van der Waals surface area contributed by atoms with Crippen LogP contribution in [0.25, 0.3) is 11.1 Å². The van der Waals surface area contributed by atoms with Crippen molar-refractivity contribution in [1.82, 2.24) is 0 Å². The Morgan fingerprint density at radius 2 is 1.92 bits per heavy atom. The maximum atomic E-state index is 11.2. The number of amides is 1. The fraction of sp³-hybridized carbons (Fsp3) is 0.167. The number of hydrogen-bond acceptors (Lipinski definition) is 5. The van der Waals surface area contributed by atoms with Gasteiger partial charge in [0.05, 0.1) is 6.42 Å². The van der Waals surface area contributed by atoms with E-state index in [1.54, 1.807) is 18.2 Å². The number of nitrogens with one attached hydrogen (secondary N) is 2. The molecule has 2 aromatic carbocycles. The molecule has 2 aromatic rings. The molecule has 1 unspecified atom stereocenters. The molecular formula is C18H18ClN3O3. The first kappa shape index (κ1) is 18.5. The summed E-state index contributed by atoms with van der Waals surface area (Å²) in [6, 6.07) is 14.7. The Morgan fingerprint density at radius 3 is 2.56 bits per heavy atom. The largest absolute Gasteiger partial charge is 0.441 e. The first-order chi connectivity index (χ1) is 11.9. The highest BCUT2D eigenvalue weighted by molar-refractivity contribution is 6.33. The summed E-state index contributed by atoms with van der Waals surface area (Å²) in [5.74, 6) is -0.311. The molecule has 0 spiro atoms. The molecule has 0 fully saturated rings. The van der Waals surface area contributed by atoms with Gasteiger partial charge in [0.15, 0.2) is 11.8 Å². The lowest BCUT2D eigenvalue weighted by Gasteiger charge is -2.18. The van der Waals surface area contributed by atoms with Crippen molar-refractivity contribution in [3.05, 3.63) is 59.1 Å². The summed E-state index contributed by atoms with van der Waals surface area (Å²) in [5.41, 5.74) is 7.47. The third-order valence-electron chi connectivity index (χ3n) is 3.35. The minimum atomic E-state index is -0.951. The Morgan fingerprint density at radius 1 is 1.20 bits per heavy atom. The molecule has 0 aliphatic rings. The van der Waals surface area contributed by atoms with E-state index in [0.717, 1.165) is 11.1 Å². The van der Waals surface area contributed by atoms with Gasteiger partial charge >= 0.3 is 6.09 Å². The summed E-state index contributed by atoms with van der Waals surface area (Å²) in [7, 11) is 0. The van der Waals surface area contributed by atoms with Crippen LogP contribution >= 0.6 is 11.6 Å². The van der Waals surface area contributed by atoms with Crippen molar-refractivity contribution in [1.29, 1.82) is 10.8 Å². The lowest BCUT2D eigenvalue weighted by Crippen LogP contribution is -2.21. The van der Waals surface area contributed by atoms with Crippen molar-refractivity contribution in [2.45, 2.75) is 19.4 Å². The summed E-state index contributed by atoms with van der Waals surface area (Å²) in [5, 5.41) is 15.7. The molecule has 0 saturated heterocycles. The minimum absolute atomic E-state index is 0.0366. The number of benzene rings is 2. The molecule has 1 amide bonds. The summed E-state index contributed by atoms with van der Waals surface area (Å²) in [6.45, 7) is 1.41. The van der Waals surface area contributed by atoms with Gasteiger partial charge in [0.1, 0.15) is 6.10 Å². The number of ether oxygens (including phenoxy) is 2. The first-order valence-corrected chi connectivity index (χ1v) is 7.86. The number of carbonyl (C=O) groups excluding carboxylic acids is 1. The van der Waals surface area contributed by atoms with Gasteiger partial charge in [-0.05, 0) is 23.3 Å². The molecule has 0 heterocycles. The predicted molar refractivity (Wildman–Crippen MR) is 97.1 cm³/mol. The van der Waals surface area contributed by atoms with Crippen LogP contribution in [0.5, 0.6) is 0 Å². The molecule has 130 valence electrons. The van der Waals surface area contributed by atoms with Crippen LogP contribution in [0.4, 0.5) is 4.79 Å². The molecule has 4 N–H and O–H groups in total. The second-order valence-corrected chi connectivity index (χ2v) is 5.72. The van der Waals surface area contributed by atoms with Crippen molar-refractivity contribution in [2.75, 3.05) is 0 Å². The zero-order chi connectivity index (χ0) is 18.4. The summed E-state index contributed by atoms with van der Waals surface area (Å²) in [6.07, 6.45) is -1.79. The molecule has 25 heavy (non-hydrogen) atoms. The number of nitrogens with two attached hydrogens (primary N) is 1. The van der Waals surface area contributed by atoms with Gasteiger partial charge in [-0.2, -0.15) is 0 Å². The fourth-order valence-electron chi connectivity index (χ4n) is 2.36. The highest BCUT2D eigenvalue weighted by Crippen LogP contribution is 2.31. The highest BCUT2D eigenvalue weighted by Gasteiger charge is 2.20. The Bertz CT molecular complexity index is 808. The Kier molecular flexibility index (Phi) is 6.14. The molecule has 1 atom stereocenters. The third-order valence-corrected chi connectivity index (χ3v) is 3.68. The van der Waals surface area contributed by atoms with E-state index in [-0.39, 0.29) is 18.2 Å². The van der Waals surface area contributed by atoms with Crippen LogP contribution in [0.3, 0.4) is 0 Å². The molecule has 0 radical (unpaired) electrons. The van der Waals surface area contributed by atoms with Gasteiger partial charge in [-0.25, -0.2) is 4.79 Å². The Balaban J connectivity index is 2.32. The zero-order valence-electron chi connectivity index (χ0n) is 13.6. The van der Waals surface area contributed by atoms with Crippen LogP contribution in [-0.2, 0) is 9.47 Å². The van der Waals surface area contributed by atoms with Crippen LogP contribution in [0.15, 0.2) is 48.5 Å². The maximum absolute atomic E-state index is 11.2. The van der Waals surface area contributed by atoms with E-state index in [4.69, 9.17) is 37.6 Å². The smallest absolute Gasteiger partial charge is 0.405 e. The summed E-state index contributed by atoms with van der Waals surface area (Å²) >= 11 is 6.23. The molecule has 0 aliphatic carbocycles. The molecular weight excluding hydrogens is 342 g/mol. The van der Waals surface area contributed by atoms with E-state index in [1.807, 2.05) is 30.3 Å². The van der Waals surface area contributed by atoms with Crippen LogP contribution < -0.4 is 5.73 Å². The Hall–Kier alpha value is -2.86. The van der Waals surface area contributed by atoms with Crippen LogP contribution in [0, 0.1) is 10.8 Å². The monoisotopic (exact) mass is 359 g/mol. The quantitative estimate of drug-likeness (QED) is 0.539. The van der Waals surface area contributed by atoms with Crippen LogP contribution in [-0.4, -0.2) is 17.9 Å². The summed E-state index contributed by atoms with van der Waals surface area (Å²) in [4.78, 5) is 11.2. The van der Waals surface area contributed by atoms with E-state index in [0.29, 0.717) is 10.6 Å². The van der Waals surface area contributed by atoms with E-state index >= 15 is 0 Å². The predicted octanol–water partition coefficient (Wildman–Crippen LogP) is 4.52. The normalized spacial score (nSPS) is 11.4. The van der Waals surface area contributed by atoms with Gasteiger partial charge < -0.3 is 15.2 Å². The van der Waals surface area contributed by atoms with E-state index < -0.39 is 12.2 Å². The molecule has 0 aromatic heterocycles. The molecule has 6 nitrogen and oxygen atoms in total. The highest BCUT2D eigenvalue weighted by atomic mass is 35.5. The van der Waals surface area contributed by atoms with Crippen molar-refractivity contribution < 1.29 is 14.3 Å². The topological polar surface area (TPSA) is 109 Å². The Labute approximate surface area is 150 Å². The number of hydrogen-bond donors (Lipinski definition) is 3. The third kappa shape index (κ3) is 5.32. The van der Waals surface area contributed by atoms with Gasteiger partial charge in [0.2, 0.25) is 0 Å². The van der Waals surface area contributed by atoms with Crippen LogP contribution in [0.2, 0.25) is 5.02 Å². The van der Waals surface area contributed by atoms with Crippen molar-refractivity contribution in [2.24, 2.45) is 5.73 Å². The number of carbonyl (C=O) groups is 1. The average molecular weight is 360 g/mol. The van der Waals surface area contributed by atoms with Gasteiger partial charge in [-0.15, -0.1) is 0 Å². The molecule has 0 bridgehead atoms. The number of halogens is 1. The van der Waals surface area contributed by atoms with Gasteiger partial charge in [0.25, 0.3) is 0 Å². The minimum Gasteiger partial charge on any atom is -0.441 e. The lowest BCUT2D eigenvalue weighted by atomic mass is 9.99. The van der Waals surface area contributed by atoms with Crippen molar-refractivity contribution >= 4 is 29.5 Å². The van der Waals surface area contributed by atoms with Gasteiger partial charge in [-0.3, -0.25) is 10.8 Å². The van der Waals surface area contributed by atoms with Gasteiger partial charge in [-0.1, -0.05) is 48.0 Å². The molecule has 2 rings (SSSR count). The second kappa shape index (κ2) is 8.30. The fourth-order valence-corrected chi connectivity index (χ4v) is 2.61. The average Bonchev–Trinajstić information content (AvgIpc) is 2.53. The molecule has 0 saturated carbocycles. The zero-order valence-corrected chi connectivity index (χ0v) is 14.3. The van der Waals surface area contributed by atoms with Gasteiger partial charge in [0, 0.05) is 17.5 Å². The van der Waals surface area contributed by atoms with Crippen molar-refractivity contribution in [3.63, 3.8) is 0 Å².